The zero-order valence-corrected chi connectivity index (χ0v) is 11.5. The van der Waals surface area contributed by atoms with Crippen molar-refractivity contribution in [1.82, 2.24) is 4.90 Å². The Morgan fingerprint density at radius 3 is 2.00 bits per heavy atom. The smallest absolute Gasteiger partial charge is 0.101 e. The molecule has 0 bridgehead atoms. The molecular weight excluding hydrogens is 184 g/mol. The van der Waals surface area contributed by atoms with Gasteiger partial charge in [-0.05, 0) is 24.7 Å². The van der Waals surface area contributed by atoms with Crippen molar-refractivity contribution in [1.29, 1.82) is 5.41 Å². The Morgan fingerprint density at radius 1 is 1.27 bits per heavy atom. The molecule has 2 atom stereocenters. The Labute approximate surface area is 95.6 Å². The van der Waals surface area contributed by atoms with Gasteiger partial charge in [-0.1, -0.05) is 34.6 Å². The third-order valence-corrected chi connectivity index (χ3v) is 3.71. The average Bonchev–Trinajstić information content (AvgIpc) is 2.15. The van der Waals surface area contributed by atoms with Gasteiger partial charge in [-0.25, -0.2) is 0 Å². The van der Waals surface area contributed by atoms with Gasteiger partial charge in [-0.15, -0.1) is 0 Å². The van der Waals surface area contributed by atoms with Crippen molar-refractivity contribution in [3.8, 4) is 0 Å². The van der Waals surface area contributed by atoms with Gasteiger partial charge in [0.2, 0.25) is 0 Å². The monoisotopic (exact) mass is 212 g/mol. The summed E-state index contributed by atoms with van der Waals surface area (Å²) >= 11 is 0. The molecule has 0 aliphatic heterocycles. The molecule has 2 unspecified atom stereocenters. The van der Waals surface area contributed by atoms with Crippen molar-refractivity contribution in [2.45, 2.75) is 47.5 Å². The van der Waals surface area contributed by atoms with Gasteiger partial charge in [-0.2, -0.15) is 0 Å². The van der Waals surface area contributed by atoms with E-state index in [1.54, 1.807) is 0 Å². The number of amidine groups is 1. The lowest BCUT2D eigenvalue weighted by Gasteiger charge is -2.36. The van der Waals surface area contributed by atoms with E-state index in [0.717, 1.165) is 18.7 Å². The first kappa shape index (κ1) is 14.5. The van der Waals surface area contributed by atoms with Crippen LogP contribution in [0.3, 0.4) is 0 Å². The van der Waals surface area contributed by atoms with Gasteiger partial charge in [0.1, 0.15) is 5.84 Å². The van der Waals surface area contributed by atoms with Crippen LogP contribution in [0, 0.1) is 22.7 Å². The highest BCUT2D eigenvalue weighted by Gasteiger charge is 2.31. The first-order chi connectivity index (χ1) is 6.74. The van der Waals surface area contributed by atoms with Crippen LogP contribution in [0.15, 0.2) is 0 Å². The van der Waals surface area contributed by atoms with Crippen LogP contribution < -0.4 is 0 Å². The summed E-state index contributed by atoms with van der Waals surface area (Å²) in [5.41, 5.74) is 0.0349. The first-order valence-corrected chi connectivity index (χ1v) is 6.01. The van der Waals surface area contributed by atoms with E-state index < -0.39 is 0 Å². The fourth-order valence-corrected chi connectivity index (χ4v) is 1.89. The zero-order chi connectivity index (χ0) is 12.2. The topological polar surface area (TPSA) is 27.1 Å². The molecule has 0 spiro atoms. The van der Waals surface area contributed by atoms with Crippen molar-refractivity contribution >= 4 is 5.84 Å². The van der Waals surface area contributed by atoms with E-state index in [9.17, 15) is 0 Å². The molecule has 0 amide bonds. The summed E-state index contributed by atoms with van der Waals surface area (Å²) in [6, 6.07) is 0. The molecular formula is C13H28N2. The number of rotatable bonds is 5. The molecule has 0 aromatic carbocycles. The van der Waals surface area contributed by atoms with E-state index in [-0.39, 0.29) is 5.41 Å². The minimum atomic E-state index is 0.0349. The van der Waals surface area contributed by atoms with Gasteiger partial charge in [-0.3, -0.25) is 5.41 Å². The molecule has 2 heteroatoms. The summed E-state index contributed by atoms with van der Waals surface area (Å²) < 4.78 is 0. The lowest BCUT2D eigenvalue weighted by molar-refractivity contribution is 0.263. The van der Waals surface area contributed by atoms with Crippen LogP contribution in [0.4, 0.5) is 0 Å². The Morgan fingerprint density at radius 2 is 1.73 bits per heavy atom. The normalized spacial score (nSPS) is 17.3. The molecule has 0 saturated heterocycles. The summed E-state index contributed by atoms with van der Waals surface area (Å²) in [6.07, 6.45) is 2.15. The molecule has 0 rings (SSSR count). The van der Waals surface area contributed by atoms with Gasteiger partial charge in [0.25, 0.3) is 0 Å². The lowest BCUT2D eigenvalue weighted by Crippen LogP contribution is -2.38. The van der Waals surface area contributed by atoms with Crippen LogP contribution in [-0.2, 0) is 0 Å². The standard InChI is InChI=1S/C13H28N2/c1-8-13(5,12(14)15(6)7)9-11(4)10(2)3/h10-11,14H,8-9H2,1-7H3. The molecule has 0 heterocycles. The molecule has 90 valence electrons. The second-order valence-electron chi connectivity index (χ2n) is 5.58. The molecule has 0 aliphatic rings. The Kier molecular flexibility index (Phi) is 5.33. The maximum Gasteiger partial charge on any atom is 0.101 e. The predicted molar refractivity (Wildman–Crippen MR) is 68.4 cm³/mol. The lowest BCUT2D eigenvalue weighted by atomic mass is 9.75. The molecule has 0 fully saturated rings. The minimum Gasteiger partial charge on any atom is -0.366 e. The summed E-state index contributed by atoms with van der Waals surface area (Å²) in [5.74, 6) is 2.14. The van der Waals surface area contributed by atoms with Crippen molar-refractivity contribution in [2.24, 2.45) is 17.3 Å². The van der Waals surface area contributed by atoms with E-state index >= 15 is 0 Å². The molecule has 0 aromatic heterocycles. The first-order valence-electron chi connectivity index (χ1n) is 6.01. The Bertz CT molecular complexity index is 209. The minimum absolute atomic E-state index is 0.0349. The van der Waals surface area contributed by atoms with Crippen molar-refractivity contribution in [3.63, 3.8) is 0 Å². The van der Waals surface area contributed by atoms with Gasteiger partial charge < -0.3 is 4.90 Å². The van der Waals surface area contributed by atoms with Crippen LogP contribution in [0.25, 0.3) is 0 Å². The molecule has 0 aliphatic carbocycles. The van der Waals surface area contributed by atoms with Crippen molar-refractivity contribution < 1.29 is 0 Å². The summed E-state index contributed by atoms with van der Waals surface area (Å²) in [4.78, 5) is 1.94. The molecule has 0 saturated carbocycles. The largest absolute Gasteiger partial charge is 0.366 e. The van der Waals surface area contributed by atoms with E-state index in [1.165, 1.54) is 0 Å². The third kappa shape index (κ3) is 3.84. The van der Waals surface area contributed by atoms with Crippen molar-refractivity contribution in [2.75, 3.05) is 14.1 Å². The average molecular weight is 212 g/mol. The number of nitrogens with one attached hydrogen (secondary N) is 1. The van der Waals surface area contributed by atoms with Crippen LogP contribution in [0.5, 0.6) is 0 Å². The highest BCUT2D eigenvalue weighted by Crippen LogP contribution is 2.34. The maximum atomic E-state index is 8.16. The highest BCUT2D eigenvalue weighted by atomic mass is 15.1. The van der Waals surface area contributed by atoms with Gasteiger partial charge in [0.15, 0.2) is 0 Å². The quantitative estimate of drug-likeness (QED) is 0.547. The second kappa shape index (κ2) is 5.53. The van der Waals surface area contributed by atoms with E-state index in [1.807, 2.05) is 19.0 Å². The van der Waals surface area contributed by atoms with Gasteiger partial charge >= 0.3 is 0 Å². The summed E-state index contributed by atoms with van der Waals surface area (Å²) in [6.45, 7) is 11.2. The number of hydrogen-bond donors (Lipinski definition) is 1. The Hall–Kier alpha value is -0.530. The van der Waals surface area contributed by atoms with Crippen molar-refractivity contribution in [3.05, 3.63) is 0 Å². The van der Waals surface area contributed by atoms with Crippen LogP contribution >= 0.6 is 0 Å². The van der Waals surface area contributed by atoms with Crippen LogP contribution in [-0.4, -0.2) is 24.8 Å². The fraction of sp³-hybridized carbons (Fsp3) is 0.923. The fourth-order valence-electron chi connectivity index (χ4n) is 1.89. The van der Waals surface area contributed by atoms with Crippen LogP contribution in [0.1, 0.15) is 47.5 Å². The third-order valence-electron chi connectivity index (χ3n) is 3.71. The number of hydrogen-bond acceptors (Lipinski definition) is 1. The zero-order valence-electron chi connectivity index (χ0n) is 11.5. The maximum absolute atomic E-state index is 8.16. The second-order valence-corrected chi connectivity index (χ2v) is 5.58. The summed E-state index contributed by atoms with van der Waals surface area (Å²) in [5, 5.41) is 8.16. The SMILES string of the molecule is CCC(C)(CC(C)C(C)C)C(=N)N(C)C. The molecule has 0 radical (unpaired) electrons. The van der Waals surface area contributed by atoms with Gasteiger partial charge in [0.05, 0.1) is 0 Å². The number of nitrogens with zero attached hydrogens (tertiary/aromatic N) is 1. The van der Waals surface area contributed by atoms with E-state index in [0.29, 0.717) is 11.8 Å². The predicted octanol–water partition coefficient (Wildman–Crippen LogP) is 3.62. The molecule has 15 heavy (non-hydrogen) atoms. The van der Waals surface area contributed by atoms with E-state index in [2.05, 4.69) is 34.6 Å². The van der Waals surface area contributed by atoms with Crippen LogP contribution in [0.2, 0.25) is 0 Å². The highest BCUT2D eigenvalue weighted by molar-refractivity contribution is 5.84. The summed E-state index contributed by atoms with van der Waals surface area (Å²) in [7, 11) is 3.94. The Balaban J connectivity index is 4.64. The molecule has 2 nitrogen and oxygen atoms in total. The van der Waals surface area contributed by atoms with Gasteiger partial charge in [0, 0.05) is 19.5 Å². The molecule has 0 aromatic rings. The van der Waals surface area contributed by atoms with E-state index in [4.69, 9.17) is 5.41 Å². The molecule has 1 N–H and O–H groups in total.